The lowest BCUT2D eigenvalue weighted by molar-refractivity contribution is -0.146. The standard InChI is InChI=1S/C33H46N4O7/c1-32(2,3)29(40)34-25-14-8-6-4-5-7-13-23-18-33(23,30(41)42)35-27(38)26-17-24(20-37(26)28(25)39)44-31(43)36-16-15-21-11-9-10-12-22(21)19-36/h9-12,23-26H,4-8,13-20H2,1-3H3,(H,34,40)(H,35,38)(H,41,42)/t23-,24-,25+,26+,33-/m1/s1. The summed E-state index contributed by atoms with van der Waals surface area (Å²) in [5, 5.41) is 15.8. The number of nitrogens with zero attached hydrogens (tertiary/aromatic N) is 2. The highest BCUT2D eigenvalue weighted by molar-refractivity contribution is 5.96. The second kappa shape index (κ2) is 12.8. The number of carbonyl (C=O) groups excluding carboxylic acids is 4. The van der Waals surface area contributed by atoms with Crippen LogP contribution >= 0.6 is 0 Å². The summed E-state index contributed by atoms with van der Waals surface area (Å²) in [6.07, 6.45) is 5.33. The van der Waals surface area contributed by atoms with Gasteiger partial charge in [0.2, 0.25) is 17.7 Å². The van der Waals surface area contributed by atoms with Crippen LogP contribution in [0.4, 0.5) is 4.79 Å². The summed E-state index contributed by atoms with van der Waals surface area (Å²) in [4.78, 5) is 69.5. The van der Waals surface area contributed by atoms with Crippen molar-refractivity contribution < 1.29 is 33.8 Å². The summed E-state index contributed by atoms with van der Waals surface area (Å²) in [5.41, 5.74) is 0.181. The molecule has 3 fully saturated rings. The zero-order chi connectivity index (χ0) is 31.6. The first kappa shape index (κ1) is 31.8. The van der Waals surface area contributed by atoms with Crippen LogP contribution in [-0.4, -0.2) is 81.5 Å². The number of ether oxygens (including phenoxy) is 1. The fraction of sp³-hybridized carbons (Fsp3) is 0.667. The van der Waals surface area contributed by atoms with Gasteiger partial charge in [0.25, 0.3) is 0 Å². The number of amides is 4. The lowest BCUT2D eigenvalue weighted by Crippen LogP contribution is -2.57. The fourth-order valence-corrected chi connectivity index (χ4v) is 6.80. The third-order valence-corrected chi connectivity index (χ3v) is 9.67. The Bertz CT molecular complexity index is 1290. The number of carboxylic acids is 1. The molecule has 1 aliphatic carbocycles. The molecule has 4 aliphatic rings. The first-order chi connectivity index (χ1) is 20.9. The van der Waals surface area contributed by atoms with Crippen molar-refractivity contribution in [3.05, 3.63) is 35.4 Å². The van der Waals surface area contributed by atoms with Crippen LogP contribution in [0.15, 0.2) is 24.3 Å². The molecular formula is C33H46N4O7. The minimum absolute atomic E-state index is 0.0154. The van der Waals surface area contributed by atoms with Gasteiger partial charge in [-0.25, -0.2) is 9.59 Å². The van der Waals surface area contributed by atoms with Gasteiger partial charge in [-0.2, -0.15) is 0 Å². The van der Waals surface area contributed by atoms with Gasteiger partial charge >= 0.3 is 12.1 Å². The highest BCUT2D eigenvalue weighted by Gasteiger charge is 2.62. The summed E-state index contributed by atoms with van der Waals surface area (Å²) in [7, 11) is 0. The summed E-state index contributed by atoms with van der Waals surface area (Å²) in [6, 6.07) is 6.07. The molecule has 3 heterocycles. The van der Waals surface area contributed by atoms with E-state index in [0.717, 1.165) is 37.7 Å². The van der Waals surface area contributed by atoms with E-state index in [4.69, 9.17) is 4.74 Å². The maximum absolute atomic E-state index is 14.1. The Hall–Kier alpha value is -3.63. The second-order valence-electron chi connectivity index (χ2n) is 14.0. The van der Waals surface area contributed by atoms with Gasteiger partial charge in [0.15, 0.2) is 0 Å². The lowest BCUT2D eigenvalue weighted by atomic mass is 9.94. The Labute approximate surface area is 259 Å². The van der Waals surface area contributed by atoms with Crippen LogP contribution in [0.3, 0.4) is 0 Å². The normalized spacial score (nSPS) is 29.6. The zero-order valence-electron chi connectivity index (χ0n) is 26.1. The van der Waals surface area contributed by atoms with E-state index in [9.17, 15) is 29.1 Å². The van der Waals surface area contributed by atoms with Crippen molar-refractivity contribution in [2.75, 3.05) is 13.1 Å². The van der Waals surface area contributed by atoms with Crippen molar-refractivity contribution in [2.24, 2.45) is 11.3 Å². The average molecular weight is 611 g/mol. The maximum Gasteiger partial charge on any atom is 0.410 e. The molecule has 11 heteroatoms. The van der Waals surface area contributed by atoms with E-state index in [2.05, 4.69) is 10.6 Å². The average Bonchev–Trinajstić information content (AvgIpc) is 3.52. The third kappa shape index (κ3) is 6.86. The second-order valence-corrected chi connectivity index (χ2v) is 14.0. The Balaban J connectivity index is 1.37. The van der Waals surface area contributed by atoms with Crippen molar-refractivity contribution in [3.8, 4) is 0 Å². The summed E-state index contributed by atoms with van der Waals surface area (Å²) in [6.45, 7) is 6.22. The van der Waals surface area contributed by atoms with Crippen LogP contribution in [-0.2, 0) is 36.9 Å². The molecule has 0 radical (unpaired) electrons. The van der Waals surface area contributed by atoms with Gasteiger partial charge in [-0.3, -0.25) is 14.4 Å². The van der Waals surface area contributed by atoms with Crippen LogP contribution < -0.4 is 10.6 Å². The van der Waals surface area contributed by atoms with Gasteiger partial charge < -0.3 is 30.3 Å². The largest absolute Gasteiger partial charge is 0.479 e. The molecular weight excluding hydrogens is 564 g/mol. The van der Waals surface area contributed by atoms with Crippen molar-refractivity contribution in [2.45, 2.75) is 115 Å². The topological polar surface area (TPSA) is 145 Å². The van der Waals surface area contributed by atoms with E-state index < -0.39 is 53.0 Å². The fourth-order valence-electron chi connectivity index (χ4n) is 6.80. The molecule has 1 aromatic carbocycles. The Kier molecular flexibility index (Phi) is 9.23. The van der Waals surface area contributed by atoms with Crippen LogP contribution in [0, 0.1) is 11.3 Å². The molecule has 5 atom stereocenters. The van der Waals surface area contributed by atoms with Crippen LogP contribution in [0.25, 0.3) is 0 Å². The summed E-state index contributed by atoms with van der Waals surface area (Å²) < 4.78 is 5.89. The molecule has 1 aromatic rings. The highest BCUT2D eigenvalue weighted by atomic mass is 16.6. The highest BCUT2D eigenvalue weighted by Crippen LogP contribution is 2.47. The van der Waals surface area contributed by atoms with E-state index in [1.165, 1.54) is 10.5 Å². The molecule has 0 unspecified atom stereocenters. The first-order valence-corrected chi connectivity index (χ1v) is 16.1. The number of fused-ring (bicyclic) bond motifs is 3. The Morgan fingerprint density at radius 1 is 1.02 bits per heavy atom. The lowest BCUT2D eigenvalue weighted by Gasteiger charge is -2.31. The van der Waals surface area contributed by atoms with Crippen molar-refractivity contribution in [3.63, 3.8) is 0 Å². The molecule has 11 nitrogen and oxygen atoms in total. The third-order valence-electron chi connectivity index (χ3n) is 9.67. The number of aliphatic carboxylic acids is 1. The van der Waals surface area contributed by atoms with E-state index >= 15 is 0 Å². The van der Waals surface area contributed by atoms with Gasteiger partial charge in [-0.15, -0.1) is 0 Å². The Morgan fingerprint density at radius 2 is 1.70 bits per heavy atom. The molecule has 0 spiro atoms. The molecule has 4 amide bonds. The summed E-state index contributed by atoms with van der Waals surface area (Å²) >= 11 is 0. The molecule has 2 saturated heterocycles. The van der Waals surface area contributed by atoms with Gasteiger partial charge in [0.1, 0.15) is 23.7 Å². The van der Waals surface area contributed by atoms with E-state index in [1.807, 2.05) is 24.3 Å². The van der Waals surface area contributed by atoms with E-state index in [1.54, 1.807) is 25.7 Å². The quantitative estimate of drug-likeness (QED) is 0.476. The molecule has 5 rings (SSSR count). The van der Waals surface area contributed by atoms with Crippen molar-refractivity contribution in [1.29, 1.82) is 0 Å². The number of carbonyl (C=O) groups is 5. The van der Waals surface area contributed by atoms with Crippen molar-refractivity contribution >= 4 is 29.8 Å². The van der Waals surface area contributed by atoms with Crippen LogP contribution in [0.5, 0.6) is 0 Å². The smallest absolute Gasteiger partial charge is 0.410 e. The van der Waals surface area contributed by atoms with Gasteiger partial charge in [0, 0.05) is 24.9 Å². The molecule has 0 aromatic heterocycles. The molecule has 240 valence electrons. The molecule has 3 aliphatic heterocycles. The molecule has 44 heavy (non-hydrogen) atoms. The van der Waals surface area contributed by atoms with Gasteiger partial charge in [-0.05, 0) is 42.7 Å². The predicted octanol–water partition coefficient (Wildman–Crippen LogP) is 3.39. The number of benzene rings is 1. The van der Waals surface area contributed by atoms with Crippen LogP contribution in [0.1, 0.15) is 89.7 Å². The SMILES string of the molecule is CC(C)(C)C(=O)N[C@H]1CCCCCCC[C@@H]2C[C@@]2(C(=O)O)NC(=O)[C@@H]2C[C@@H](OC(=O)N3CCc4ccccc4C3)CN2C1=O. The van der Waals surface area contributed by atoms with Crippen LogP contribution in [0.2, 0.25) is 0 Å². The Morgan fingerprint density at radius 3 is 2.41 bits per heavy atom. The number of nitrogens with one attached hydrogen (secondary N) is 2. The molecule has 3 N–H and O–H groups in total. The van der Waals surface area contributed by atoms with E-state index in [0.29, 0.717) is 38.8 Å². The predicted molar refractivity (Wildman–Crippen MR) is 161 cm³/mol. The van der Waals surface area contributed by atoms with Gasteiger partial charge in [0.05, 0.1) is 6.54 Å². The number of carboxylic acid groups (broad SMARTS) is 1. The molecule has 0 bridgehead atoms. The minimum Gasteiger partial charge on any atom is -0.479 e. The maximum atomic E-state index is 14.1. The monoisotopic (exact) mass is 610 g/mol. The van der Waals surface area contributed by atoms with E-state index in [-0.39, 0.29) is 24.8 Å². The minimum atomic E-state index is -1.35. The first-order valence-electron chi connectivity index (χ1n) is 16.1. The summed E-state index contributed by atoms with van der Waals surface area (Å²) in [5.74, 6) is -2.48. The molecule has 1 saturated carbocycles. The number of hydrogen-bond donors (Lipinski definition) is 3. The van der Waals surface area contributed by atoms with Gasteiger partial charge in [-0.1, -0.05) is 77.1 Å². The van der Waals surface area contributed by atoms with Crippen molar-refractivity contribution in [1.82, 2.24) is 20.4 Å². The zero-order valence-corrected chi connectivity index (χ0v) is 26.1. The number of hydrogen-bond acceptors (Lipinski definition) is 6. The number of rotatable bonds is 3.